The highest BCUT2D eigenvalue weighted by atomic mass is 79.9. The fourth-order valence-corrected chi connectivity index (χ4v) is 5.24. The highest BCUT2D eigenvalue weighted by molar-refractivity contribution is 9.10. The number of benzene rings is 2. The first-order valence-corrected chi connectivity index (χ1v) is 18.5. The van der Waals surface area contributed by atoms with Crippen molar-refractivity contribution in [3.05, 3.63) is 58.6 Å². The van der Waals surface area contributed by atoms with E-state index >= 15 is 0 Å². The van der Waals surface area contributed by atoms with E-state index in [1.807, 2.05) is 32.9 Å². The molecule has 4 nitrogen and oxygen atoms in total. The molecule has 0 unspecified atom stereocenters. The molecular formula is C32H47BrO4Si. The molecule has 2 rings (SSSR count). The van der Waals surface area contributed by atoms with Crippen LogP contribution in [0, 0.1) is 11.8 Å². The van der Waals surface area contributed by atoms with E-state index in [1.54, 1.807) is 0 Å². The first-order chi connectivity index (χ1) is 17.8. The van der Waals surface area contributed by atoms with E-state index in [2.05, 4.69) is 78.9 Å². The fourth-order valence-electron chi connectivity index (χ4n) is 4.27. The molecular weight excluding hydrogens is 556 g/mol. The third kappa shape index (κ3) is 12.3. The molecule has 0 fully saturated rings. The van der Waals surface area contributed by atoms with E-state index in [1.165, 1.54) is 11.1 Å². The Morgan fingerprint density at radius 1 is 0.868 bits per heavy atom. The standard InChI is InChI=1S/C32H47BrO4Si/c1-8-9-10-27(31(35)37-32(2,3)4)23-28(30(34)36-21-22-38(5,6)7)16-13-24-11-14-25(15-12-24)26-17-19-29(33)20-18-26/h11-12,14-15,17-20,27-28H,8-10,13,16,21-23H2,1-7H3/t27-,28+/m0/s1. The summed E-state index contributed by atoms with van der Waals surface area (Å²) in [5.41, 5.74) is 2.95. The summed E-state index contributed by atoms with van der Waals surface area (Å²) in [6, 6.07) is 17.7. The van der Waals surface area contributed by atoms with Gasteiger partial charge in [-0.05, 0) is 81.3 Å². The smallest absolute Gasteiger partial charge is 0.309 e. The summed E-state index contributed by atoms with van der Waals surface area (Å²) in [4.78, 5) is 26.3. The number of carbonyl (C=O) groups excluding carboxylic acids is 2. The molecule has 0 bridgehead atoms. The van der Waals surface area contributed by atoms with Crippen molar-refractivity contribution < 1.29 is 19.1 Å². The van der Waals surface area contributed by atoms with Crippen molar-refractivity contribution in [3.63, 3.8) is 0 Å². The number of hydrogen-bond acceptors (Lipinski definition) is 4. The molecule has 0 heterocycles. The van der Waals surface area contributed by atoms with Gasteiger partial charge >= 0.3 is 11.9 Å². The predicted octanol–water partition coefficient (Wildman–Crippen LogP) is 9.08. The predicted molar refractivity (Wildman–Crippen MR) is 164 cm³/mol. The summed E-state index contributed by atoms with van der Waals surface area (Å²) in [6.07, 6.45) is 4.52. The van der Waals surface area contributed by atoms with E-state index in [0.717, 1.165) is 41.8 Å². The minimum Gasteiger partial charge on any atom is -0.466 e. The Hall–Kier alpha value is -1.92. The van der Waals surface area contributed by atoms with Crippen LogP contribution in [0.5, 0.6) is 0 Å². The number of esters is 2. The van der Waals surface area contributed by atoms with Gasteiger partial charge in [-0.1, -0.05) is 91.7 Å². The summed E-state index contributed by atoms with van der Waals surface area (Å²) in [6.45, 7) is 15.1. The van der Waals surface area contributed by atoms with Crippen LogP contribution < -0.4 is 0 Å². The first kappa shape index (κ1) is 32.3. The van der Waals surface area contributed by atoms with Crippen LogP contribution in [0.3, 0.4) is 0 Å². The van der Waals surface area contributed by atoms with Crippen molar-refractivity contribution in [2.45, 2.75) is 97.5 Å². The van der Waals surface area contributed by atoms with Crippen molar-refractivity contribution >= 4 is 35.9 Å². The highest BCUT2D eigenvalue weighted by Crippen LogP contribution is 2.28. The van der Waals surface area contributed by atoms with Crippen LogP contribution in [-0.4, -0.2) is 32.2 Å². The molecule has 0 amide bonds. The molecule has 0 saturated heterocycles. The fraction of sp³-hybridized carbons (Fsp3) is 0.562. The molecule has 0 aliphatic carbocycles. The van der Waals surface area contributed by atoms with E-state index in [-0.39, 0.29) is 23.8 Å². The summed E-state index contributed by atoms with van der Waals surface area (Å²) >= 11 is 3.49. The Morgan fingerprint density at radius 2 is 1.42 bits per heavy atom. The number of unbranched alkanes of at least 4 members (excludes halogenated alkanes) is 1. The van der Waals surface area contributed by atoms with Crippen LogP contribution in [0.1, 0.15) is 65.4 Å². The van der Waals surface area contributed by atoms with Gasteiger partial charge in [0.15, 0.2) is 0 Å². The lowest BCUT2D eigenvalue weighted by molar-refractivity contribution is -0.162. The monoisotopic (exact) mass is 602 g/mol. The molecule has 0 spiro atoms. The van der Waals surface area contributed by atoms with Gasteiger partial charge in [-0.2, -0.15) is 0 Å². The zero-order valence-corrected chi connectivity index (χ0v) is 27.0. The Morgan fingerprint density at radius 3 is 1.95 bits per heavy atom. The zero-order chi connectivity index (χ0) is 28.3. The molecule has 0 radical (unpaired) electrons. The van der Waals surface area contributed by atoms with E-state index < -0.39 is 13.7 Å². The molecule has 0 aromatic heterocycles. The number of halogens is 1. The largest absolute Gasteiger partial charge is 0.466 e. The maximum atomic E-state index is 13.3. The number of carbonyl (C=O) groups is 2. The lowest BCUT2D eigenvalue weighted by atomic mass is 9.86. The number of hydrogen-bond donors (Lipinski definition) is 0. The summed E-state index contributed by atoms with van der Waals surface area (Å²) in [5, 5.41) is 0. The zero-order valence-electron chi connectivity index (χ0n) is 24.4. The van der Waals surface area contributed by atoms with E-state index in [0.29, 0.717) is 19.4 Å². The summed E-state index contributed by atoms with van der Waals surface area (Å²) < 4.78 is 12.6. The number of ether oxygens (including phenoxy) is 2. The molecule has 210 valence electrons. The topological polar surface area (TPSA) is 52.6 Å². The molecule has 38 heavy (non-hydrogen) atoms. The second-order valence-electron chi connectivity index (χ2n) is 12.5. The lowest BCUT2D eigenvalue weighted by Crippen LogP contribution is -2.32. The second kappa shape index (κ2) is 15.0. The molecule has 0 aliphatic rings. The molecule has 0 aliphatic heterocycles. The minimum atomic E-state index is -1.31. The molecule has 2 aromatic rings. The Kier molecular flexibility index (Phi) is 12.8. The van der Waals surface area contributed by atoms with Gasteiger partial charge in [0.1, 0.15) is 5.60 Å². The van der Waals surface area contributed by atoms with E-state index in [9.17, 15) is 9.59 Å². The Balaban J connectivity index is 2.15. The maximum Gasteiger partial charge on any atom is 0.309 e. The third-order valence-electron chi connectivity index (χ3n) is 6.56. The van der Waals surface area contributed by atoms with Gasteiger partial charge in [0, 0.05) is 12.5 Å². The van der Waals surface area contributed by atoms with Crippen molar-refractivity contribution in [2.24, 2.45) is 11.8 Å². The third-order valence-corrected chi connectivity index (χ3v) is 8.79. The Bertz CT molecular complexity index is 1000. The Labute approximate surface area is 240 Å². The van der Waals surface area contributed by atoms with Crippen molar-refractivity contribution in [3.8, 4) is 11.1 Å². The van der Waals surface area contributed by atoms with Gasteiger partial charge in [-0.15, -0.1) is 0 Å². The number of aryl methyl sites for hydroxylation is 1. The minimum absolute atomic E-state index is 0.181. The molecule has 6 heteroatoms. The van der Waals surface area contributed by atoms with Crippen LogP contribution in [-0.2, 0) is 25.5 Å². The van der Waals surface area contributed by atoms with Crippen molar-refractivity contribution in [2.75, 3.05) is 6.61 Å². The van der Waals surface area contributed by atoms with Crippen molar-refractivity contribution in [1.29, 1.82) is 0 Å². The second-order valence-corrected chi connectivity index (χ2v) is 19.1. The van der Waals surface area contributed by atoms with Gasteiger partial charge in [-0.3, -0.25) is 9.59 Å². The first-order valence-electron chi connectivity index (χ1n) is 14.0. The lowest BCUT2D eigenvalue weighted by Gasteiger charge is -2.26. The SMILES string of the molecule is CCCC[C@@H](C[C@@H](CCc1ccc(-c2ccc(Br)cc2)cc1)C(=O)OCC[Si](C)(C)C)C(=O)OC(C)(C)C. The van der Waals surface area contributed by atoms with Crippen molar-refractivity contribution in [1.82, 2.24) is 0 Å². The number of rotatable bonds is 14. The molecule has 2 aromatic carbocycles. The molecule has 2 atom stereocenters. The van der Waals surface area contributed by atoms with Gasteiger partial charge in [0.2, 0.25) is 0 Å². The van der Waals surface area contributed by atoms with Crippen LogP contribution in [0.4, 0.5) is 0 Å². The van der Waals surface area contributed by atoms with Gasteiger partial charge in [0.05, 0.1) is 18.4 Å². The van der Waals surface area contributed by atoms with E-state index in [4.69, 9.17) is 9.47 Å². The van der Waals surface area contributed by atoms with Gasteiger partial charge in [0.25, 0.3) is 0 Å². The molecule has 0 N–H and O–H groups in total. The summed E-state index contributed by atoms with van der Waals surface area (Å²) in [5.74, 6) is -1.02. The van der Waals surface area contributed by atoms with Crippen LogP contribution >= 0.6 is 15.9 Å². The van der Waals surface area contributed by atoms with Gasteiger partial charge in [-0.25, -0.2) is 0 Å². The summed E-state index contributed by atoms with van der Waals surface area (Å²) in [7, 11) is -1.31. The quantitative estimate of drug-likeness (QED) is 0.160. The van der Waals surface area contributed by atoms with Crippen LogP contribution in [0.2, 0.25) is 25.7 Å². The average Bonchev–Trinajstić information content (AvgIpc) is 2.82. The highest BCUT2D eigenvalue weighted by Gasteiger charge is 2.31. The normalized spacial score (nSPS) is 13.6. The maximum absolute atomic E-state index is 13.3. The van der Waals surface area contributed by atoms with Crippen LogP contribution in [0.25, 0.3) is 11.1 Å². The molecule has 0 saturated carbocycles. The van der Waals surface area contributed by atoms with Crippen LogP contribution in [0.15, 0.2) is 53.0 Å². The average molecular weight is 604 g/mol. The van der Waals surface area contributed by atoms with Gasteiger partial charge < -0.3 is 9.47 Å².